The van der Waals surface area contributed by atoms with Gasteiger partial charge in [-0.3, -0.25) is 4.79 Å². The van der Waals surface area contributed by atoms with Gasteiger partial charge in [0.05, 0.1) is 12.5 Å². The van der Waals surface area contributed by atoms with Gasteiger partial charge in [-0.1, -0.05) is 104 Å². The molecule has 0 bridgehead atoms. The van der Waals surface area contributed by atoms with E-state index in [1.54, 1.807) is 0 Å². The Balaban J connectivity index is 2.66. The summed E-state index contributed by atoms with van der Waals surface area (Å²) in [6, 6.07) is 20.6. The number of halogens is 1. The zero-order chi connectivity index (χ0) is 18.5. The third kappa shape index (κ3) is 4.51. The van der Waals surface area contributed by atoms with Gasteiger partial charge in [-0.15, -0.1) is 0 Å². The topological polar surface area (TPSA) is 46.5 Å². The lowest BCUT2D eigenvalue weighted by atomic mass is 10.2. The van der Waals surface area contributed by atoms with Crippen LogP contribution < -0.4 is 10.4 Å². The van der Waals surface area contributed by atoms with E-state index in [9.17, 15) is 9.90 Å². The molecule has 1 N–H and O–H groups in total. The van der Waals surface area contributed by atoms with E-state index in [0.29, 0.717) is 4.43 Å². The largest absolute Gasteiger partial charge is 0.481 e. The van der Waals surface area contributed by atoms with E-state index >= 15 is 0 Å². The Morgan fingerprint density at radius 2 is 1.48 bits per heavy atom. The molecule has 1 unspecified atom stereocenters. The van der Waals surface area contributed by atoms with Crippen LogP contribution in [0, 0.1) is 0 Å². The summed E-state index contributed by atoms with van der Waals surface area (Å²) in [5.74, 6) is -0.820. The fourth-order valence-corrected chi connectivity index (χ4v) is 8.78. The predicted octanol–water partition coefficient (Wildman–Crippen LogP) is 3.84. The minimum atomic E-state index is -2.67. The molecular weight excluding hydrogens is 443 g/mol. The maximum Gasteiger partial charge on any atom is 0.305 e. The molecular formula is C20H25IO3Si. The van der Waals surface area contributed by atoms with Crippen molar-refractivity contribution in [1.82, 2.24) is 0 Å². The number of rotatable bonds is 7. The smallest absolute Gasteiger partial charge is 0.305 e. The first-order valence-corrected chi connectivity index (χ1v) is 11.8. The van der Waals surface area contributed by atoms with Crippen LogP contribution in [0.5, 0.6) is 0 Å². The Morgan fingerprint density at radius 3 is 1.80 bits per heavy atom. The Morgan fingerprint density at radius 1 is 1.04 bits per heavy atom. The molecule has 0 fully saturated rings. The highest BCUT2D eigenvalue weighted by atomic mass is 127. The molecule has 0 saturated carbocycles. The van der Waals surface area contributed by atoms with Crippen molar-refractivity contribution in [3.63, 3.8) is 0 Å². The van der Waals surface area contributed by atoms with Gasteiger partial charge >= 0.3 is 5.97 Å². The zero-order valence-electron chi connectivity index (χ0n) is 14.9. The van der Waals surface area contributed by atoms with Gasteiger partial charge in [0.2, 0.25) is 0 Å². The number of hydrogen-bond acceptors (Lipinski definition) is 2. The molecule has 0 spiro atoms. The summed E-state index contributed by atoms with van der Waals surface area (Å²) in [4.78, 5) is 11.3. The molecule has 134 valence electrons. The second-order valence-corrected chi connectivity index (χ2v) is 12.3. The Labute approximate surface area is 164 Å². The first-order valence-electron chi connectivity index (χ1n) is 8.38. The van der Waals surface area contributed by atoms with E-state index in [4.69, 9.17) is 4.43 Å². The normalized spacial score (nSPS) is 13.4. The molecule has 0 aromatic heterocycles. The second kappa shape index (κ2) is 8.47. The SMILES string of the molecule is CC(C)(C)[Si](OC(CI)CC(=O)O)(c1ccccc1)c1ccccc1. The lowest BCUT2D eigenvalue weighted by Crippen LogP contribution is -2.68. The van der Waals surface area contributed by atoms with Crippen LogP contribution in [0.4, 0.5) is 0 Å². The molecule has 0 heterocycles. The molecule has 0 radical (unpaired) electrons. The Bertz CT molecular complexity index is 644. The molecule has 0 aliphatic heterocycles. The maximum atomic E-state index is 11.3. The van der Waals surface area contributed by atoms with Crippen molar-refractivity contribution >= 4 is 47.3 Å². The van der Waals surface area contributed by atoms with Crippen LogP contribution in [0.25, 0.3) is 0 Å². The summed E-state index contributed by atoms with van der Waals surface area (Å²) in [5, 5.41) is 11.5. The average Bonchev–Trinajstić information content (AvgIpc) is 2.58. The quantitative estimate of drug-likeness (QED) is 0.382. The van der Waals surface area contributed by atoms with Crippen LogP contribution in [0.2, 0.25) is 5.04 Å². The van der Waals surface area contributed by atoms with E-state index in [0.717, 1.165) is 0 Å². The maximum absolute atomic E-state index is 11.3. The zero-order valence-corrected chi connectivity index (χ0v) is 18.1. The molecule has 0 aliphatic rings. The summed E-state index contributed by atoms with van der Waals surface area (Å²) in [6.45, 7) is 6.60. The summed E-state index contributed by atoms with van der Waals surface area (Å²) in [6.07, 6.45) is -0.294. The van der Waals surface area contributed by atoms with Gasteiger partial charge < -0.3 is 9.53 Å². The summed E-state index contributed by atoms with van der Waals surface area (Å²) >= 11 is 2.22. The number of carbonyl (C=O) groups is 1. The second-order valence-electron chi connectivity index (χ2n) is 7.16. The first-order chi connectivity index (χ1) is 11.8. The average molecular weight is 468 g/mol. The fourth-order valence-electron chi connectivity index (χ4n) is 3.26. The van der Waals surface area contributed by atoms with E-state index in [1.807, 2.05) is 36.4 Å². The van der Waals surface area contributed by atoms with Crippen molar-refractivity contribution in [3.8, 4) is 0 Å². The fraction of sp³-hybridized carbons (Fsp3) is 0.350. The van der Waals surface area contributed by atoms with Gasteiger partial charge in [0.25, 0.3) is 8.32 Å². The number of carboxylic acids is 1. The minimum Gasteiger partial charge on any atom is -0.481 e. The van der Waals surface area contributed by atoms with Crippen molar-refractivity contribution in [2.45, 2.75) is 38.3 Å². The Hall–Kier alpha value is -1.18. The molecule has 5 heteroatoms. The van der Waals surface area contributed by atoms with Gasteiger partial charge in [0, 0.05) is 4.43 Å². The van der Waals surface area contributed by atoms with Crippen molar-refractivity contribution in [2.75, 3.05) is 4.43 Å². The summed E-state index contributed by atoms with van der Waals surface area (Å²) in [7, 11) is -2.67. The number of benzene rings is 2. The van der Waals surface area contributed by atoms with E-state index in [1.165, 1.54) is 10.4 Å². The van der Waals surface area contributed by atoms with Crippen molar-refractivity contribution in [3.05, 3.63) is 60.7 Å². The highest BCUT2D eigenvalue weighted by Crippen LogP contribution is 2.38. The molecule has 2 aromatic rings. The number of alkyl halides is 1. The summed E-state index contributed by atoms with van der Waals surface area (Å²) < 4.78 is 7.43. The van der Waals surface area contributed by atoms with Crippen LogP contribution in [-0.2, 0) is 9.22 Å². The molecule has 0 aliphatic carbocycles. The van der Waals surface area contributed by atoms with Crippen LogP contribution in [0.15, 0.2) is 60.7 Å². The van der Waals surface area contributed by atoms with E-state index in [2.05, 4.69) is 67.6 Å². The lowest BCUT2D eigenvalue weighted by molar-refractivity contribution is -0.138. The summed E-state index contributed by atoms with van der Waals surface area (Å²) in [5.41, 5.74) is 0. The molecule has 0 saturated heterocycles. The number of aliphatic carboxylic acids is 1. The van der Waals surface area contributed by atoms with Gasteiger partial charge in [0.1, 0.15) is 0 Å². The predicted molar refractivity (Wildman–Crippen MR) is 114 cm³/mol. The molecule has 25 heavy (non-hydrogen) atoms. The number of carboxylic acid groups (broad SMARTS) is 1. The molecule has 0 amide bonds. The third-order valence-electron chi connectivity index (χ3n) is 4.33. The monoisotopic (exact) mass is 468 g/mol. The minimum absolute atomic E-state index is 0.0213. The van der Waals surface area contributed by atoms with E-state index in [-0.39, 0.29) is 17.6 Å². The third-order valence-corrected chi connectivity index (χ3v) is 10.4. The molecule has 1 atom stereocenters. The molecule has 2 aromatic carbocycles. The first kappa shape index (κ1) is 20.1. The molecule has 2 rings (SSSR count). The van der Waals surface area contributed by atoms with Crippen LogP contribution >= 0.6 is 22.6 Å². The van der Waals surface area contributed by atoms with Gasteiger partial charge in [-0.25, -0.2) is 0 Å². The van der Waals surface area contributed by atoms with Crippen LogP contribution in [0.3, 0.4) is 0 Å². The highest BCUT2D eigenvalue weighted by molar-refractivity contribution is 14.1. The number of hydrogen-bond donors (Lipinski definition) is 1. The molecule has 3 nitrogen and oxygen atoms in total. The van der Waals surface area contributed by atoms with Crippen LogP contribution in [0.1, 0.15) is 27.2 Å². The van der Waals surface area contributed by atoms with E-state index < -0.39 is 14.3 Å². The Kier molecular flexibility index (Phi) is 6.82. The standard InChI is InChI=1S/C20H25IO3Si/c1-20(2,3)25(17-10-6-4-7-11-17,18-12-8-5-9-13-18)24-16(15-21)14-19(22)23/h4-13,16H,14-15H2,1-3H3,(H,22,23). The van der Waals surface area contributed by atoms with Crippen molar-refractivity contribution in [2.24, 2.45) is 0 Å². The van der Waals surface area contributed by atoms with Crippen molar-refractivity contribution in [1.29, 1.82) is 0 Å². The van der Waals surface area contributed by atoms with Crippen molar-refractivity contribution < 1.29 is 14.3 Å². The van der Waals surface area contributed by atoms with Gasteiger partial charge in [0.15, 0.2) is 0 Å². The van der Waals surface area contributed by atoms with Crippen LogP contribution in [-0.4, -0.2) is 29.9 Å². The lowest BCUT2D eigenvalue weighted by Gasteiger charge is -2.44. The van der Waals surface area contributed by atoms with Gasteiger partial charge in [-0.05, 0) is 15.4 Å². The highest BCUT2D eigenvalue weighted by Gasteiger charge is 2.51. The van der Waals surface area contributed by atoms with Gasteiger partial charge in [-0.2, -0.15) is 0 Å².